The fourth-order valence-electron chi connectivity index (χ4n) is 2.68. The Hall–Kier alpha value is -0.370. The van der Waals surface area contributed by atoms with E-state index in [-0.39, 0.29) is 5.41 Å². The van der Waals surface area contributed by atoms with Gasteiger partial charge in [0, 0.05) is 12.0 Å². The minimum absolute atomic E-state index is 0.0105. The molecule has 0 N–H and O–H groups in total. The molecule has 0 amide bonds. The third-order valence-electron chi connectivity index (χ3n) is 3.62. The van der Waals surface area contributed by atoms with Gasteiger partial charge in [-0.15, -0.1) is 0 Å². The molecule has 0 aromatic heterocycles. The van der Waals surface area contributed by atoms with Crippen LogP contribution >= 0.6 is 0 Å². The molecule has 0 spiro atoms. The van der Waals surface area contributed by atoms with Crippen molar-refractivity contribution in [2.45, 2.75) is 52.4 Å². The van der Waals surface area contributed by atoms with E-state index in [0.717, 1.165) is 32.5 Å². The number of rotatable bonds is 6. The van der Waals surface area contributed by atoms with Crippen molar-refractivity contribution in [3.8, 4) is 0 Å². The lowest BCUT2D eigenvalue weighted by Gasteiger charge is -2.36. The average molecular weight is 211 g/mol. The van der Waals surface area contributed by atoms with Gasteiger partial charge in [-0.2, -0.15) is 0 Å². The van der Waals surface area contributed by atoms with Gasteiger partial charge in [0.25, 0.3) is 0 Å². The zero-order valence-electron chi connectivity index (χ0n) is 10.3. The second-order valence-corrected chi connectivity index (χ2v) is 4.91. The third kappa shape index (κ3) is 3.60. The van der Waals surface area contributed by atoms with E-state index in [1.165, 1.54) is 32.0 Å². The molecule has 0 saturated heterocycles. The topological polar surface area (TPSA) is 20.3 Å². The zero-order chi connectivity index (χ0) is 11.1. The molecule has 0 atom stereocenters. The summed E-state index contributed by atoms with van der Waals surface area (Å²) in [6.45, 7) is 7.59. The molecule has 15 heavy (non-hydrogen) atoms. The minimum atomic E-state index is -0.0105. The lowest BCUT2D eigenvalue weighted by atomic mass is 9.75. The Bertz CT molecular complexity index is 185. The molecule has 0 heterocycles. The number of carbonyl (C=O) groups excluding carboxylic acids is 1. The van der Waals surface area contributed by atoms with Gasteiger partial charge in [0.05, 0.1) is 0 Å². The van der Waals surface area contributed by atoms with Crippen LogP contribution in [0.1, 0.15) is 52.4 Å². The van der Waals surface area contributed by atoms with Crippen LogP contribution in [0, 0.1) is 5.41 Å². The Kier molecular flexibility index (Phi) is 5.30. The molecule has 0 aliphatic heterocycles. The number of hydrogen-bond acceptors (Lipinski definition) is 2. The summed E-state index contributed by atoms with van der Waals surface area (Å²) in [5.41, 5.74) is -0.0105. The van der Waals surface area contributed by atoms with Gasteiger partial charge in [0.2, 0.25) is 0 Å². The summed E-state index contributed by atoms with van der Waals surface area (Å²) in [4.78, 5) is 13.7. The highest BCUT2D eigenvalue weighted by molar-refractivity contribution is 5.60. The molecule has 1 aliphatic carbocycles. The first kappa shape index (κ1) is 12.7. The SMILES string of the molecule is CCCN(CC)CC1(C=O)CCCCC1. The van der Waals surface area contributed by atoms with Crippen LogP contribution in [0.25, 0.3) is 0 Å². The Morgan fingerprint density at radius 2 is 1.87 bits per heavy atom. The normalized spacial score (nSPS) is 20.5. The van der Waals surface area contributed by atoms with Crippen molar-refractivity contribution in [1.82, 2.24) is 4.90 Å². The summed E-state index contributed by atoms with van der Waals surface area (Å²) in [5, 5.41) is 0. The zero-order valence-corrected chi connectivity index (χ0v) is 10.3. The molecule has 2 nitrogen and oxygen atoms in total. The molecular weight excluding hydrogens is 186 g/mol. The third-order valence-corrected chi connectivity index (χ3v) is 3.62. The van der Waals surface area contributed by atoms with Crippen molar-refractivity contribution in [2.75, 3.05) is 19.6 Å². The highest BCUT2D eigenvalue weighted by atomic mass is 16.1. The van der Waals surface area contributed by atoms with Crippen molar-refractivity contribution in [2.24, 2.45) is 5.41 Å². The summed E-state index contributed by atoms with van der Waals surface area (Å²) in [6, 6.07) is 0. The van der Waals surface area contributed by atoms with E-state index in [1.54, 1.807) is 0 Å². The van der Waals surface area contributed by atoms with E-state index >= 15 is 0 Å². The summed E-state index contributed by atoms with van der Waals surface area (Å²) in [7, 11) is 0. The summed E-state index contributed by atoms with van der Waals surface area (Å²) < 4.78 is 0. The van der Waals surface area contributed by atoms with E-state index < -0.39 is 0 Å². The fraction of sp³-hybridized carbons (Fsp3) is 0.923. The van der Waals surface area contributed by atoms with Gasteiger partial charge < -0.3 is 9.69 Å². The van der Waals surface area contributed by atoms with E-state index in [1.807, 2.05) is 0 Å². The first-order valence-corrected chi connectivity index (χ1v) is 6.45. The Labute approximate surface area is 94.0 Å². The van der Waals surface area contributed by atoms with E-state index in [0.29, 0.717) is 0 Å². The molecule has 0 radical (unpaired) electrons. The molecule has 1 rings (SSSR count). The number of nitrogens with zero attached hydrogens (tertiary/aromatic N) is 1. The molecule has 88 valence electrons. The highest BCUT2D eigenvalue weighted by Gasteiger charge is 2.32. The van der Waals surface area contributed by atoms with Gasteiger partial charge >= 0.3 is 0 Å². The summed E-state index contributed by atoms with van der Waals surface area (Å²) in [6.07, 6.45) is 8.43. The van der Waals surface area contributed by atoms with Gasteiger partial charge in [0.1, 0.15) is 6.29 Å². The molecule has 1 aliphatic rings. The van der Waals surface area contributed by atoms with Gasteiger partial charge in [-0.3, -0.25) is 0 Å². The number of hydrogen-bond donors (Lipinski definition) is 0. The van der Waals surface area contributed by atoms with Gasteiger partial charge in [-0.1, -0.05) is 33.1 Å². The second-order valence-electron chi connectivity index (χ2n) is 4.91. The standard InChI is InChI=1S/C13H25NO/c1-3-10-14(4-2)11-13(12-15)8-6-5-7-9-13/h12H,3-11H2,1-2H3. The first-order valence-electron chi connectivity index (χ1n) is 6.45. The molecule has 1 fully saturated rings. The molecule has 0 aromatic rings. The van der Waals surface area contributed by atoms with Crippen molar-refractivity contribution >= 4 is 6.29 Å². The van der Waals surface area contributed by atoms with Crippen LogP contribution in [-0.4, -0.2) is 30.8 Å². The Morgan fingerprint density at radius 1 is 1.20 bits per heavy atom. The minimum Gasteiger partial charge on any atom is -0.303 e. The highest BCUT2D eigenvalue weighted by Crippen LogP contribution is 2.35. The predicted octanol–water partition coefficient (Wildman–Crippen LogP) is 2.87. The van der Waals surface area contributed by atoms with Crippen LogP contribution < -0.4 is 0 Å². The average Bonchev–Trinajstić information content (AvgIpc) is 2.30. The van der Waals surface area contributed by atoms with Crippen LogP contribution in [0.4, 0.5) is 0 Å². The van der Waals surface area contributed by atoms with Gasteiger partial charge in [-0.05, 0) is 32.4 Å². The summed E-state index contributed by atoms with van der Waals surface area (Å²) >= 11 is 0. The maximum atomic E-state index is 11.3. The Balaban J connectivity index is 2.52. The van der Waals surface area contributed by atoms with Crippen molar-refractivity contribution in [3.05, 3.63) is 0 Å². The predicted molar refractivity (Wildman–Crippen MR) is 64.0 cm³/mol. The lowest BCUT2D eigenvalue weighted by molar-refractivity contribution is -0.119. The van der Waals surface area contributed by atoms with Crippen molar-refractivity contribution in [3.63, 3.8) is 0 Å². The van der Waals surface area contributed by atoms with E-state index in [9.17, 15) is 4.79 Å². The lowest BCUT2D eigenvalue weighted by Crippen LogP contribution is -2.40. The van der Waals surface area contributed by atoms with Crippen molar-refractivity contribution < 1.29 is 4.79 Å². The van der Waals surface area contributed by atoms with Crippen LogP contribution in [0.5, 0.6) is 0 Å². The number of aldehydes is 1. The van der Waals surface area contributed by atoms with Crippen LogP contribution in [-0.2, 0) is 4.79 Å². The Morgan fingerprint density at radius 3 is 2.33 bits per heavy atom. The van der Waals surface area contributed by atoms with Crippen LogP contribution in [0.15, 0.2) is 0 Å². The quantitative estimate of drug-likeness (QED) is 0.630. The summed E-state index contributed by atoms with van der Waals surface area (Å²) in [5.74, 6) is 0. The van der Waals surface area contributed by atoms with Gasteiger partial charge in [-0.25, -0.2) is 0 Å². The van der Waals surface area contributed by atoms with Gasteiger partial charge in [0.15, 0.2) is 0 Å². The maximum absolute atomic E-state index is 11.3. The molecule has 0 unspecified atom stereocenters. The van der Waals surface area contributed by atoms with E-state index in [2.05, 4.69) is 18.7 Å². The molecule has 0 aromatic carbocycles. The monoisotopic (exact) mass is 211 g/mol. The van der Waals surface area contributed by atoms with Crippen LogP contribution in [0.3, 0.4) is 0 Å². The van der Waals surface area contributed by atoms with Crippen LogP contribution in [0.2, 0.25) is 0 Å². The number of carbonyl (C=O) groups is 1. The van der Waals surface area contributed by atoms with E-state index in [4.69, 9.17) is 0 Å². The second kappa shape index (κ2) is 6.26. The maximum Gasteiger partial charge on any atom is 0.127 e. The fourth-order valence-corrected chi connectivity index (χ4v) is 2.68. The molecule has 1 saturated carbocycles. The molecule has 2 heteroatoms. The largest absolute Gasteiger partial charge is 0.303 e. The van der Waals surface area contributed by atoms with Crippen molar-refractivity contribution in [1.29, 1.82) is 0 Å². The first-order chi connectivity index (χ1) is 7.26. The molecule has 0 bridgehead atoms. The smallest absolute Gasteiger partial charge is 0.127 e. The molecular formula is C13H25NO.